The largest absolute Gasteiger partial charge is 0.343 e. The van der Waals surface area contributed by atoms with Gasteiger partial charge in [0.15, 0.2) is 0 Å². The first-order valence-electron chi connectivity index (χ1n) is 3.69. The average Bonchev–Trinajstić information content (AvgIpc) is 2.33. The Bertz CT molecular complexity index is 167. The topological polar surface area (TPSA) is 83.7 Å². The van der Waals surface area contributed by atoms with Gasteiger partial charge in [-0.1, -0.05) is 0 Å². The van der Waals surface area contributed by atoms with Crippen LogP contribution in [-0.2, 0) is 4.79 Å². The normalized spacial score (nSPS) is 15.4. The number of amides is 1. The van der Waals surface area contributed by atoms with Crippen molar-refractivity contribution >= 4 is 5.91 Å². The molecule has 1 aliphatic heterocycles. The molecule has 1 N–H and O–H groups in total. The number of carbonyl (C=O) groups is 1. The van der Waals surface area contributed by atoms with Crippen LogP contribution >= 0.6 is 0 Å². The lowest BCUT2D eigenvalue weighted by Gasteiger charge is -2.10. The van der Waals surface area contributed by atoms with E-state index in [0.717, 1.165) is 25.9 Å². The van der Waals surface area contributed by atoms with Crippen molar-refractivity contribution < 1.29 is 15.1 Å². The summed E-state index contributed by atoms with van der Waals surface area (Å²) in [6.07, 6.45) is 1.83. The van der Waals surface area contributed by atoms with Crippen LogP contribution in [0, 0.1) is 10.1 Å². The van der Waals surface area contributed by atoms with Gasteiger partial charge in [0.1, 0.15) is 0 Å². The summed E-state index contributed by atoms with van der Waals surface area (Å²) in [6, 6.07) is 0. The first-order chi connectivity index (χ1) is 5.57. The summed E-state index contributed by atoms with van der Waals surface area (Å²) >= 11 is 0. The van der Waals surface area contributed by atoms with Crippen molar-refractivity contribution in [3.63, 3.8) is 0 Å². The molecule has 70 valence electrons. The summed E-state index contributed by atoms with van der Waals surface area (Å²) in [6.45, 7) is 3.89. The second-order valence-electron chi connectivity index (χ2n) is 2.31. The van der Waals surface area contributed by atoms with Crippen LogP contribution in [0.1, 0.15) is 19.8 Å². The third kappa shape index (κ3) is 4.48. The summed E-state index contributed by atoms with van der Waals surface area (Å²) in [4.78, 5) is 21.0. The van der Waals surface area contributed by atoms with Gasteiger partial charge in [0, 0.05) is 19.5 Å². The molecule has 1 amide bonds. The number of rotatable bonds is 1. The van der Waals surface area contributed by atoms with Gasteiger partial charge in [-0.25, -0.2) is 0 Å². The molecular formula is C6H12N2O4. The fraction of sp³-hybridized carbons (Fsp3) is 0.833. The number of hydrogen-bond acceptors (Lipinski definition) is 3. The summed E-state index contributed by atoms with van der Waals surface area (Å²) < 4.78 is 0. The van der Waals surface area contributed by atoms with Crippen molar-refractivity contribution in [2.75, 3.05) is 13.1 Å². The van der Waals surface area contributed by atoms with Crippen LogP contribution in [0.3, 0.4) is 0 Å². The molecule has 6 nitrogen and oxygen atoms in total. The summed E-state index contributed by atoms with van der Waals surface area (Å²) in [5, 5.41) is 13.6. The van der Waals surface area contributed by atoms with Gasteiger partial charge >= 0.3 is 0 Å². The summed E-state index contributed by atoms with van der Waals surface area (Å²) in [5.41, 5.74) is 0. The second-order valence-corrected chi connectivity index (χ2v) is 2.31. The molecular weight excluding hydrogens is 164 g/mol. The van der Waals surface area contributed by atoms with Crippen molar-refractivity contribution in [1.82, 2.24) is 4.90 Å². The molecule has 1 rings (SSSR count). The Kier molecular flexibility index (Phi) is 4.75. The second kappa shape index (κ2) is 5.34. The van der Waals surface area contributed by atoms with Gasteiger partial charge in [-0.3, -0.25) is 4.79 Å². The molecule has 1 heterocycles. The van der Waals surface area contributed by atoms with E-state index in [1.165, 1.54) is 0 Å². The molecule has 1 aliphatic rings. The highest BCUT2D eigenvalue weighted by Crippen LogP contribution is 2.07. The molecule has 0 aromatic rings. The zero-order valence-electron chi connectivity index (χ0n) is 6.89. The predicted molar refractivity (Wildman–Crippen MR) is 40.3 cm³/mol. The maximum Gasteiger partial charge on any atom is 0.291 e. The maximum atomic E-state index is 10.7. The van der Waals surface area contributed by atoms with E-state index in [0.29, 0.717) is 5.91 Å². The fourth-order valence-electron chi connectivity index (χ4n) is 1.04. The van der Waals surface area contributed by atoms with Crippen LogP contribution in [0.25, 0.3) is 0 Å². The number of hydrogen-bond donors (Lipinski definition) is 1. The fourth-order valence-corrected chi connectivity index (χ4v) is 1.04. The highest BCUT2D eigenvalue weighted by atomic mass is 16.9. The van der Waals surface area contributed by atoms with Crippen LogP contribution in [-0.4, -0.2) is 34.2 Å². The molecule has 0 atom stereocenters. The van der Waals surface area contributed by atoms with Crippen LogP contribution in [0.2, 0.25) is 0 Å². The zero-order chi connectivity index (χ0) is 9.56. The minimum Gasteiger partial charge on any atom is -0.343 e. The highest BCUT2D eigenvalue weighted by molar-refractivity contribution is 5.77. The number of likely N-dealkylation sites (tertiary alicyclic amines) is 1. The van der Waals surface area contributed by atoms with E-state index in [1.54, 1.807) is 0 Å². The van der Waals surface area contributed by atoms with Gasteiger partial charge in [-0.2, -0.15) is 0 Å². The van der Waals surface area contributed by atoms with Gasteiger partial charge in [-0.05, 0) is 13.3 Å². The molecule has 0 spiro atoms. The highest BCUT2D eigenvalue weighted by Gasteiger charge is 2.16. The van der Waals surface area contributed by atoms with Crippen molar-refractivity contribution in [3.05, 3.63) is 10.1 Å². The smallest absolute Gasteiger partial charge is 0.291 e. The van der Waals surface area contributed by atoms with Gasteiger partial charge in [0.2, 0.25) is 5.91 Å². The molecule has 0 unspecified atom stereocenters. The number of carbonyl (C=O) groups excluding carboxylic acids is 1. The van der Waals surface area contributed by atoms with E-state index < -0.39 is 5.09 Å². The molecule has 0 aliphatic carbocycles. The zero-order valence-corrected chi connectivity index (χ0v) is 6.89. The lowest BCUT2D eigenvalue weighted by atomic mass is 10.4. The molecule has 1 fully saturated rings. The molecule has 0 bridgehead atoms. The van der Waals surface area contributed by atoms with Gasteiger partial charge in [0.25, 0.3) is 5.09 Å². The van der Waals surface area contributed by atoms with E-state index >= 15 is 0 Å². The Morgan fingerprint density at radius 2 is 2.25 bits per heavy atom. The third-order valence-electron chi connectivity index (χ3n) is 1.55. The van der Waals surface area contributed by atoms with Gasteiger partial charge < -0.3 is 10.1 Å². The monoisotopic (exact) mass is 176 g/mol. The molecule has 1 saturated heterocycles. The Balaban J connectivity index is 0.000000261. The van der Waals surface area contributed by atoms with Crippen LogP contribution < -0.4 is 0 Å². The standard InChI is InChI=1S/C6H11NO.HNO3/c1-2-7-5-3-4-6(7)8;2-1(3)4/h2-5H2,1H3;(H,2,3,4). The third-order valence-corrected chi connectivity index (χ3v) is 1.55. The Morgan fingerprint density at radius 3 is 2.42 bits per heavy atom. The maximum absolute atomic E-state index is 10.7. The molecule has 0 radical (unpaired) electrons. The predicted octanol–water partition coefficient (Wildman–Crippen LogP) is 0.281. The first kappa shape index (κ1) is 10.7. The van der Waals surface area contributed by atoms with E-state index in [-0.39, 0.29) is 0 Å². The summed E-state index contributed by atoms with van der Waals surface area (Å²) in [5.74, 6) is 0.326. The van der Waals surface area contributed by atoms with Gasteiger partial charge in [0.05, 0.1) is 0 Å². The van der Waals surface area contributed by atoms with Crippen molar-refractivity contribution in [3.8, 4) is 0 Å². The van der Waals surface area contributed by atoms with Crippen LogP contribution in [0.4, 0.5) is 0 Å². The lowest BCUT2D eigenvalue weighted by molar-refractivity contribution is -0.742. The average molecular weight is 176 g/mol. The minimum atomic E-state index is -1.50. The molecule has 0 aromatic carbocycles. The van der Waals surface area contributed by atoms with E-state index in [2.05, 4.69) is 0 Å². The Hall–Kier alpha value is -1.33. The van der Waals surface area contributed by atoms with Gasteiger partial charge in [-0.15, -0.1) is 10.1 Å². The molecule has 0 saturated carbocycles. The van der Waals surface area contributed by atoms with E-state index in [1.807, 2.05) is 11.8 Å². The molecule has 0 aromatic heterocycles. The Morgan fingerprint density at radius 1 is 1.75 bits per heavy atom. The Labute approximate surface area is 69.9 Å². The van der Waals surface area contributed by atoms with Crippen LogP contribution in [0.5, 0.6) is 0 Å². The van der Waals surface area contributed by atoms with E-state index in [9.17, 15) is 4.79 Å². The van der Waals surface area contributed by atoms with Crippen molar-refractivity contribution in [2.24, 2.45) is 0 Å². The molecule has 12 heavy (non-hydrogen) atoms. The first-order valence-corrected chi connectivity index (χ1v) is 3.69. The van der Waals surface area contributed by atoms with Crippen molar-refractivity contribution in [2.45, 2.75) is 19.8 Å². The SMILES string of the molecule is CCN1CCCC1=O.O=[N+]([O-])O. The quantitative estimate of drug-likeness (QED) is 0.459. The van der Waals surface area contributed by atoms with Crippen LogP contribution in [0.15, 0.2) is 0 Å². The minimum absolute atomic E-state index is 0.326. The lowest BCUT2D eigenvalue weighted by Crippen LogP contribution is -2.23. The number of nitrogens with zero attached hydrogens (tertiary/aromatic N) is 2. The van der Waals surface area contributed by atoms with Crippen molar-refractivity contribution in [1.29, 1.82) is 0 Å². The summed E-state index contributed by atoms with van der Waals surface area (Å²) in [7, 11) is 0. The molecule has 6 heteroatoms. The van der Waals surface area contributed by atoms with E-state index in [4.69, 9.17) is 15.3 Å².